The van der Waals surface area contributed by atoms with Crippen molar-refractivity contribution in [3.05, 3.63) is 133 Å². The standard InChI is InChI=1S/C35H23N5S/c1-2-10-22(11-3-1)33-36-27-14-6-8-16-29(27)40(33)24-20-18-23(19-21-24)39-28-15-7-4-12-25(28)31-34(39)38-35-32(37-31)26-13-5-9-17-30(26)41-35/h1-21,29,33H. The van der Waals surface area contributed by atoms with Crippen LogP contribution in [-0.2, 0) is 0 Å². The van der Waals surface area contributed by atoms with Crippen molar-refractivity contribution in [2.45, 2.75) is 12.2 Å². The lowest BCUT2D eigenvalue weighted by Crippen LogP contribution is -2.35. The van der Waals surface area contributed by atoms with E-state index in [-0.39, 0.29) is 12.2 Å². The van der Waals surface area contributed by atoms with E-state index in [0.717, 1.165) is 54.9 Å². The number of rotatable bonds is 3. The van der Waals surface area contributed by atoms with Gasteiger partial charge in [-0.15, -0.1) is 11.3 Å². The van der Waals surface area contributed by atoms with E-state index in [1.807, 2.05) is 0 Å². The molecule has 2 atom stereocenters. The second-order valence-corrected chi connectivity index (χ2v) is 11.5. The fraction of sp³-hybridized carbons (Fsp3) is 0.0571. The molecule has 194 valence electrons. The zero-order valence-corrected chi connectivity index (χ0v) is 22.7. The minimum absolute atomic E-state index is 0.0743. The number of benzene rings is 4. The fourth-order valence-corrected chi connectivity index (χ4v) is 7.28. The molecular formula is C35H23N5S. The molecular weight excluding hydrogens is 522 g/mol. The van der Waals surface area contributed by atoms with Crippen LogP contribution in [0.15, 0.2) is 132 Å². The average molecular weight is 546 g/mol. The maximum Gasteiger partial charge on any atom is 0.166 e. The third-order valence-electron chi connectivity index (χ3n) is 8.12. The molecule has 6 heteroatoms. The lowest BCUT2D eigenvalue weighted by atomic mass is 10.0. The van der Waals surface area contributed by atoms with Gasteiger partial charge in [0.25, 0.3) is 0 Å². The van der Waals surface area contributed by atoms with Gasteiger partial charge in [0.1, 0.15) is 22.0 Å². The molecule has 3 aromatic heterocycles. The van der Waals surface area contributed by atoms with Crippen LogP contribution in [-0.4, -0.2) is 26.3 Å². The van der Waals surface area contributed by atoms with Gasteiger partial charge in [-0.3, -0.25) is 9.56 Å². The van der Waals surface area contributed by atoms with Crippen LogP contribution in [0.2, 0.25) is 0 Å². The van der Waals surface area contributed by atoms with Gasteiger partial charge in [0.05, 0.1) is 17.3 Å². The van der Waals surface area contributed by atoms with E-state index in [9.17, 15) is 0 Å². The maximum absolute atomic E-state index is 5.21. The molecule has 4 heterocycles. The van der Waals surface area contributed by atoms with Crippen LogP contribution in [0, 0.1) is 0 Å². The van der Waals surface area contributed by atoms with Crippen molar-refractivity contribution in [1.82, 2.24) is 14.5 Å². The molecule has 2 aliphatic rings. The predicted octanol–water partition coefficient (Wildman–Crippen LogP) is 8.40. The van der Waals surface area contributed by atoms with Crippen LogP contribution < -0.4 is 4.90 Å². The highest BCUT2D eigenvalue weighted by Crippen LogP contribution is 2.39. The molecule has 0 bridgehead atoms. The quantitative estimate of drug-likeness (QED) is 0.224. The second kappa shape index (κ2) is 8.71. The highest BCUT2D eigenvalue weighted by Gasteiger charge is 2.35. The number of aliphatic imine (C=N–C) groups is 1. The van der Waals surface area contributed by atoms with Gasteiger partial charge in [0, 0.05) is 26.8 Å². The number of allylic oxidation sites excluding steroid dienone is 2. The van der Waals surface area contributed by atoms with Crippen molar-refractivity contribution >= 4 is 65.2 Å². The Balaban J connectivity index is 1.20. The number of para-hydroxylation sites is 1. The zero-order chi connectivity index (χ0) is 26.9. The van der Waals surface area contributed by atoms with Crippen molar-refractivity contribution in [2.24, 2.45) is 4.99 Å². The van der Waals surface area contributed by atoms with Gasteiger partial charge in [0.15, 0.2) is 5.65 Å². The minimum Gasteiger partial charge on any atom is -0.334 e. The summed E-state index contributed by atoms with van der Waals surface area (Å²) >= 11 is 1.70. The monoisotopic (exact) mass is 545 g/mol. The first kappa shape index (κ1) is 22.7. The number of hydrogen-bond acceptors (Lipinski definition) is 5. The van der Waals surface area contributed by atoms with Crippen molar-refractivity contribution in [1.29, 1.82) is 0 Å². The van der Waals surface area contributed by atoms with E-state index in [0.29, 0.717) is 0 Å². The van der Waals surface area contributed by atoms with Gasteiger partial charge in [-0.1, -0.05) is 85.0 Å². The summed E-state index contributed by atoms with van der Waals surface area (Å²) in [6, 6.07) is 36.4. The lowest BCUT2D eigenvalue weighted by Gasteiger charge is -2.31. The molecule has 4 aromatic carbocycles. The SMILES string of the molecule is C1=CC2=NC(c3ccccc3)N(c3ccc(-n4c5ccccc5c5nc6c(nc54)sc4ccccc46)cc3)C2C=C1. The van der Waals surface area contributed by atoms with E-state index in [2.05, 4.69) is 137 Å². The maximum atomic E-state index is 5.21. The largest absolute Gasteiger partial charge is 0.334 e. The summed E-state index contributed by atoms with van der Waals surface area (Å²) in [5.41, 5.74) is 8.36. The number of thiophene rings is 1. The molecule has 5 nitrogen and oxygen atoms in total. The van der Waals surface area contributed by atoms with Crippen LogP contribution in [0.3, 0.4) is 0 Å². The van der Waals surface area contributed by atoms with E-state index in [1.165, 1.54) is 10.3 Å². The predicted molar refractivity (Wildman–Crippen MR) is 170 cm³/mol. The minimum atomic E-state index is -0.0743. The Labute approximate surface area is 240 Å². The fourth-order valence-electron chi connectivity index (χ4n) is 6.26. The van der Waals surface area contributed by atoms with Gasteiger partial charge in [-0.2, -0.15) is 0 Å². The summed E-state index contributed by atoms with van der Waals surface area (Å²) in [7, 11) is 0. The van der Waals surface area contributed by atoms with Crippen molar-refractivity contribution < 1.29 is 0 Å². The number of anilines is 1. The van der Waals surface area contributed by atoms with Gasteiger partial charge in [0.2, 0.25) is 0 Å². The summed E-state index contributed by atoms with van der Waals surface area (Å²) in [4.78, 5) is 18.9. The zero-order valence-electron chi connectivity index (χ0n) is 21.9. The van der Waals surface area contributed by atoms with Crippen molar-refractivity contribution in [2.75, 3.05) is 4.90 Å². The van der Waals surface area contributed by atoms with Crippen LogP contribution in [0.25, 0.3) is 48.2 Å². The molecule has 7 aromatic rings. The normalized spacial score (nSPS) is 18.1. The molecule has 0 radical (unpaired) electrons. The Hall–Kier alpha value is -5.07. The summed E-state index contributed by atoms with van der Waals surface area (Å²) in [5, 5.41) is 2.27. The van der Waals surface area contributed by atoms with Gasteiger partial charge in [-0.25, -0.2) is 9.97 Å². The topological polar surface area (TPSA) is 46.3 Å². The molecule has 0 saturated carbocycles. The Morgan fingerprint density at radius 3 is 2.29 bits per heavy atom. The number of aromatic nitrogens is 3. The second-order valence-electron chi connectivity index (χ2n) is 10.5. The van der Waals surface area contributed by atoms with Crippen LogP contribution in [0.1, 0.15) is 11.7 Å². The summed E-state index contributed by atoms with van der Waals surface area (Å²) in [6.45, 7) is 0. The van der Waals surface area contributed by atoms with Crippen molar-refractivity contribution in [3.63, 3.8) is 0 Å². The first-order valence-corrected chi connectivity index (χ1v) is 14.6. The molecule has 0 saturated heterocycles. The lowest BCUT2D eigenvalue weighted by molar-refractivity contribution is 0.696. The third kappa shape index (κ3) is 3.38. The van der Waals surface area contributed by atoms with Gasteiger partial charge in [-0.05, 0) is 48.0 Å². The molecule has 0 spiro atoms. The molecule has 0 amide bonds. The third-order valence-corrected chi connectivity index (χ3v) is 9.17. The van der Waals surface area contributed by atoms with Crippen LogP contribution in [0.4, 0.5) is 5.69 Å². The smallest absolute Gasteiger partial charge is 0.166 e. The Bertz CT molecular complexity index is 2220. The Morgan fingerprint density at radius 2 is 1.41 bits per heavy atom. The van der Waals surface area contributed by atoms with E-state index >= 15 is 0 Å². The average Bonchev–Trinajstić information content (AvgIpc) is 3.70. The summed E-state index contributed by atoms with van der Waals surface area (Å²) < 4.78 is 3.46. The van der Waals surface area contributed by atoms with Crippen LogP contribution in [0.5, 0.6) is 0 Å². The number of hydrogen-bond donors (Lipinski definition) is 0. The highest BCUT2D eigenvalue weighted by molar-refractivity contribution is 7.25. The number of nitrogens with zero attached hydrogens (tertiary/aromatic N) is 5. The van der Waals surface area contributed by atoms with Gasteiger partial charge < -0.3 is 4.90 Å². The molecule has 1 aliphatic carbocycles. The number of fused-ring (bicyclic) bond motifs is 7. The first-order chi connectivity index (χ1) is 20.3. The van der Waals surface area contributed by atoms with Crippen LogP contribution >= 0.6 is 11.3 Å². The molecule has 0 fully saturated rings. The van der Waals surface area contributed by atoms with E-state index in [4.69, 9.17) is 15.0 Å². The summed E-state index contributed by atoms with van der Waals surface area (Å²) in [5.74, 6) is 0. The first-order valence-electron chi connectivity index (χ1n) is 13.8. The molecule has 0 N–H and O–H groups in total. The van der Waals surface area contributed by atoms with E-state index < -0.39 is 0 Å². The van der Waals surface area contributed by atoms with Gasteiger partial charge >= 0.3 is 0 Å². The summed E-state index contributed by atoms with van der Waals surface area (Å²) in [6.07, 6.45) is 8.47. The van der Waals surface area contributed by atoms with Crippen molar-refractivity contribution in [3.8, 4) is 5.69 Å². The molecule has 9 rings (SSSR count). The molecule has 1 aliphatic heterocycles. The Kier molecular flexibility index (Phi) is 4.83. The Morgan fingerprint density at radius 1 is 0.659 bits per heavy atom. The van der Waals surface area contributed by atoms with E-state index in [1.54, 1.807) is 11.3 Å². The molecule has 2 unspecified atom stereocenters. The highest BCUT2D eigenvalue weighted by atomic mass is 32.1. The molecule has 41 heavy (non-hydrogen) atoms.